The van der Waals surface area contributed by atoms with Crippen molar-refractivity contribution in [1.82, 2.24) is 0 Å². The molecule has 0 bridgehead atoms. The second kappa shape index (κ2) is 5.92. The molecule has 0 aliphatic rings. The molecule has 1 aromatic carbocycles. The SMILES string of the molecule is C=CC=CC(=C)C(C)=c1ccccc1=CC. The Morgan fingerprint density at radius 3 is 2.56 bits per heavy atom. The van der Waals surface area contributed by atoms with Crippen molar-refractivity contribution in [3.63, 3.8) is 0 Å². The second-order valence-corrected chi connectivity index (χ2v) is 3.62. The van der Waals surface area contributed by atoms with Gasteiger partial charge in [0.1, 0.15) is 0 Å². The van der Waals surface area contributed by atoms with Gasteiger partial charge in [-0.15, -0.1) is 0 Å². The molecule has 0 amide bonds. The van der Waals surface area contributed by atoms with Gasteiger partial charge in [0.25, 0.3) is 0 Å². The number of hydrogen-bond donors (Lipinski definition) is 0. The van der Waals surface area contributed by atoms with E-state index < -0.39 is 0 Å². The maximum atomic E-state index is 4.06. The summed E-state index contributed by atoms with van der Waals surface area (Å²) in [6.45, 7) is 11.9. The van der Waals surface area contributed by atoms with Crippen molar-refractivity contribution in [3.8, 4) is 0 Å². The average Bonchev–Trinajstić information content (AvgIpc) is 2.34. The predicted octanol–water partition coefficient (Wildman–Crippen LogP) is 2.96. The summed E-state index contributed by atoms with van der Waals surface area (Å²) in [5.41, 5.74) is 2.22. The van der Waals surface area contributed by atoms with Crippen molar-refractivity contribution >= 4 is 11.6 Å². The van der Waals surface area contributed by atoms with Gasteiger partial charge in [-0.2, -0.15) is 0 Å². The van der Waals surface area contributed by atoms with Gasteiger partial charge in [-0.1, -0.05) is 61.7 Å². The van der Waals surface area contributed by atoms with E-state index in [1.54, 1.807) is 6.08 Å². The lowest BCUT2D eigenvalue weighted by atomic mass is 10.0. The Morgan fingerprint density at radius 2 is 1.94 bits per heavy atom. The molecule has 0 nitrogen and oxygen atoms in total. The summed E-state index contributed by atoms with van der Waals surface area (Å²) in [6, 6.07) is 8.34. The fourth-order valence-corrected chi connectivity index (χ4v) is 1.57. The Labute approximate surface area is 97.6 Å². The van der Waals surface area contributed by atoms with Gasteiger partial charge in [-0.05, 0) is 35.4 Å². The first kappa shape index (κ1) is 12.3. The lowest BCUT2D eigenvalue weighted by Gasteiger charge is -2.01. The van der Waals surface area contributed by atoms with E-state index in [2.05, 4.69) is 57.3 Å². The third-order valence-electron chi connectivity index (χ3n) is 2.59. The van der Waals surface area contributed by atoms with Crippen LogP contribution in [-0.2, 0) is 0 Å². The van der Waals surface area contributed by atoms with Crippen molar-refractivity contribution in [2.75, 3.05) is 0 Å². The molecule has 16 heavy (non-hydrogen) atoms. The summed E-state index contributed by atoms with van der Waals surface area (Å²) >= 11 is 0. The monoisotopic (exact) mass is 210 g/mol. The highest BCUT2D eigenvalue weighted by Crippen LogP contribution is 2.06. The molecular weight excluding hydrogens is 192 g/mol. The highest BCUT2D eigenvalue weighted by Gasteiger charge is 1.94. The fraction of sp³-hybridized carbons (Fsp3) is 0.125. The van der Waals surface area contributed by atoms with E-state index >= 15 is 0 Å². The first-order valence-corrected chi connectivity index (χ1v) is 5.41. The van der Waals surface area contributed by atoms with E-state index in [1.165, 1.54) is 16.0 Å². The van der Waals surface area contributed by atoms with Crippen LogP contribution in [0, 0.1) is 0 Å². The van der Waals surface area contributed by atoms with Gasteiger partial charge in [0, 0.05) is 0 Å². The molecule has 0 aliphatic heterocycles. The van der Waals surface area contributed by atoms with E-state index in [9.17, 15) is 0 Å². The van der Waals surface area contributed by atoms with Crippen LogP contribution < -0.4 is 10.4 Å². The summed E-state index contributed by atoms with van der Waals surface area (Å²) in [4.78, 5) is 0. The van der Waals surface area contributed by atoms with Crippen LogP contribution >= 0.6 is 0 Å². The number of benzene rings is 1. The molecule has 82 valence electrons. The normalized spacial score (nSPS) is 14.0. The Balaban J connectivity index is 3.38. The number of rotatable bonds is 3. The van der Waals surface area contributed by atoms with Crippen LogP contribution in [0.15, 0.2) is 61.2 Å². The van der Waals surface area contributed by atoms with E-state index in [0.29, 0.717) is 0 Å². The summed E-state index contributed by atoms with van der Waals surface area (Å²) < 4.78 is 0. The molecule has 0 N–H and O–H groups in total. The van der Waals surface area contributed by atoms with Crippen LogP contribution in [0.2, 0.25) is 0 Å². The van der Waals surface area contributed by atoms with E-state index in [4.69, 9.17) is 0 Å². The quantitative estimate of drug-likeness (QED) is 0.673. The van der Waals surface area contributed by atoms with Gasteiger partial charge in [0.05, 0.1) is 0 Å². The summed E-state index contributed by atoms with van der Waals surface area (Å²) in [7, 11) is 0. The molecule has 0 aromatic heterocycles. The molecule has 0 spiro atoms. The van der Waals surface area contributed by atoms with Gasteiger partial charge in [0.15, 0.2) is 0 Å². The zero-order valence-electron chi connectivity index (χ0n) is 10.0. The van der Waals surface area contributed by atoms with Gasteiger partial charge in [-0.25, -0.2) is 0 Å². The Kier molecular flexibility index (Phi) is 4.53. The largest absolute Gasteiger partial charge is 0.0991 e. The standard InChI is InChI=1S/C16H18/c1-5-7-10-13(3)14(4)16-12-9-8-11-15(16)6-2/h5-12H,1,3H2,2,4H3. The van der Waals surface area contributed by atoms with Crippen molar-refractivity contribution in [1.29, 1.82) is 0 Å². The molecule has 1 rings (SSSR count). The molecule has 0 unspecified atom stereocenters. The zero-order valence-corrected chi connectivity index (χ0v) is 10.0. The predicted molar refractivity (Wildman–Crippen MR) is 73.4 cm³/mol. The first-order chi connectivity index (χ1) is 7.70. The zero-order chi connectivity index (χ0) is 12.0. The molecule has 0 atom stereocenters. The minimum absolute atomic E-state index is 1.02. The van der Waals surface area contributed by atoms with Gasteiger partial charge in [-0.3, -0.25) is 0 Å². The third kappa shape index (κ3) is 2.83. The average molecular weight is 210 g/mol. The second-order valence-electron chi connectivity index (χ2n) is 3.62. The van der Waals surface area contributed by atoms with Gasteiger partial charge >= 0.3 is 0 Å². The molecule has 0 heterocycles. The van der Waals surface area contributed by atoms with Crippen LogP contribution in [-0.4, -0.2) is 0 Å². The van der Waals surface area contributed by atoms with Crippen LogP contribution in [0.1, 0.15) is 13.8 Å². The molecule has 0 heteroatoms. The van der Waals surface area contributed by atoms with Crippen LogP contribution in [0.4, 0.5) is 0 Å². The lowest BCUT2D eigenvalue weighted by Crippen LogP contribution is -2.25. The number of hydrogen-bond acceptors (Lipinski definition) is 0. The molecule has 0 saturated heterocycles. The molecule has 0 fully saturated rings. The minimum Gasteiger partial charge on any atom is -0.0991 e. The van der Waals surface area contributed by atoms with Crippen molar-refractivity contribution < 1.29 is 0 Å². The number of allylic oxidation sites excluding steroid dienone is 4. The van der Waals surface area contributed by atoms with Gasteiger partial charge < -0.3 is 0 Å². The molecule has 0 saturated carbocycles. The maximum absolute atomic E-state index is 4.06. The third-order valence-corrected chi connectivity index (χ3v) is 2.59. The highest BCUT2D eigenvalue weighted by molar-refractivity contribution is 5.65. The summed E-state index contributed by atoms with van der Waals surface area (Å²) in [5.74, 6) is 0. The Morgan fingerprint density at radius 1 is 1.25 bits per heavy atom. The van der Waals surface area contributed by atoms with E-state index in [0.717, 1.165) is 5.57 Å². The first-order valence-electron chi connectivity index (χ1n) is 5.41. The highest BCUT2D eigenvalue weighted by atomic mass is 14.0. The van der Waals surface area contributed by atoms with Crippen LogP contribution in [0.3, 0.4) is 0 Å². The van der Waals surface area contributed by atoms with Gasteiger partial charge in [0.2, 0.25) is 0 Å². The van der Waals surface area contributed by atoms with E-state index in [-0.39, 0.29) is 0 Å². The Bertz CT molecular complexity index is 527. The fourth-order valence-electron chi connectivity index (χ4n) is 1.57. The summed E-state index contributed by atoms with van der Waals surface area (Å²) in [6.07, 6.45) is 7.76. The summed E-state index contributed by atoms with van der Waals surface area (Å²) in [5, 5.41) is 2.48. The molecule has 0 radical (unpaired) electrons. The molecular formula is C16H18. The topological polar surface area (TPSA) is 0 Å². The smallest absolute Gasteiger partial charge is 0.0152 e. The van der Waals surface area contributed by atoms with Crippen molar-refractivity contribution in [3.05, 3.63) is 71.7 Å². The lowest BCUT2D eigenvalue weighted by molar-refractivity contribution is 1.45. The minimum atomic E-state index is 1.02. The van der Waals surface area contributed by atoms with Crippen molar-refractivity contribution in [2.45, 2.75) is 13.8 Å². The Hall–Kier alpha value is -1.82. The van der Waals surface area contributed by atoms with Crippen molar-refractivity contribution in [2.24, 2.45) is 0 Å². The molecule has 0 aliphatic carbocycles. The van der Waals surface area contributed by atoms with Crippen LogP contribution in [0.5, 0.6) is 0 Å². The molecule has 1 aromatic rings. The van der Waals surface area contributed by atoms with Crippen LogP contribution in [0.25, 0.3) is 11.6 Å². The van der Waals surface area contributed by atoms with E-state index in [1.807, 2.05) is 12.2 Å². The maximum Gasteiger partial charge on any atom is -0.0152 e.